The van der Waals surface area contributed by atoms with Gasteiger partial charge in [-0.3, -0.25) is 9.36 Å². The molecular weight excluding hydrogens is 250 g/mol. The zero-order valence-electron chi connectivity index (χ0n) is 12.8. The average Bonchev–Trinajstić information content (AvgIpc) is 3.04. The zero-order chi connectivity index (χ0) is 14.5. The molecule has 0 unspecified atom stereocenters. The molecule has 0 spiro atoms. The molecule has 0 amide bonds. The summed E-state index contributed by atoms with van der Waals surface area (Å²) in [6.45, 7) is 8.80. The van der Waals surface area contributed by atoms with Gasteiger partial charge in [0.1, 0.15) is 0 Å². The van der Waals surface area contributed by atoms with Crippen LogP contribution in [-0.4, -0.2) is 26.1 Å². The van der Waals surface area contributed by atoms with Crippen molar-refractivity contribution in [1.29, 1.82) is 0 Å². The topological polar surface area (TPSA) is 61.7 Å². The third kappa shape index (κ3) is 2.93. The van der Waals surface area contributed by atoms with E-state index in [0.29, 0.717) is 6.54 Å². The normalized spacial score (nSPS) is 11.2. The van der Waals surface area contributed by atoms with Crippen molar-refractivity contribution in [2.24, 2.45) is 5.73 Å². The fourth-order valence-electron chi connectivity index (χ4n) is 2.67. The number of hydrogen-bond acceptors (Lipinski definition) is 3. The summed E-state index contributed by atoms with van der Waals surface area (Å²) in [6.07, 6.45) is 6.89. The summed E-state index contributed by atoms with van der Waals surface area (Å²) in [5.41, 5.74) is 10.8. The third-order valence-electron chi connectivity index (χ3n) is 3.66. The van der Waals surface area contributed by atoms with Crippen LogP contribution in [0.3, 0.4) is 0 Å². The van der Waals surface area contributed by atoms with Crippen LogP contribution in [0, 0.1) is 0 Å². The molecule has 2 rings (SSSR count). The molecule has 0 bridgehead atoms. The Bertz CT molecular complexity index is 553. The van der Waals surface area contributed by atoms with E-state index in [-0.39, 0.29) is 0 Å². The van der Waals surface area contributed by atoms with Crippen LogP contribution in [-0.2, 0) is 32.4 Å². The first kappa shape index (κ1) is 14.8. The molecule has 0 fully saturated rings. The molecule has 110 valence electrons. The summed E-state index contributed by atoms with van der Waals surface area (Å²) >= 11 is 0. The molecule has 2 aromatic rings. The Hall–Kier alpha value is -1.62. The predicted molar refractivity (Wildman–Crippen MR) is 80.7 cm³/mol. The minimum Gasteiger partial charge on any atom is -0.330 e. The van der Waals surface area contributed by atoms with Gasteiger partial charge in [0, 0.05) is 24.0 Å². The Balaban J connectivity index is 2.30. The first-order valence-electron chi connectivity index (χ1n) is 7.52. The van der Waals surface area contributed by atoms with Crippen molar-refractivity contribution in [2.75, 3.05) is 6.54 Å². The van der Waals surface area contributed by atoms with Crippen LogP contribution >= 0.6 is 0 Å². The zero-order valence-corrected chi connectivity index (χ0v) is 12.8. The van der Waals surface area contributed by atoms with Gasteiger partial charge in [-0.15, -0.1) is 0 Å². The van der Waals surface area contributed by atoms with Crippen molar-refractivity contribution in [1.82, 2.24) is 19.6 Å². The molecule has 2 N–H and O–H groups in total. The first-order valence-corrected chi connectivity index (χ1v) is 7.52. The summed E-state index contributed by atoms with van der Waals surface area (Å²) in [4.78, 5) is 0. The molecule has 2 aromatic heterocycles. The summed E-state index contributed by atoms with van der Waals surface area (Å²) in [7, 11) is 0. The molecule has 20 heavy (non-hydrogen) atoms. The average molecular weight is 275 g/mol. The van der Waals surface area contributed by atoms with E-state index in [0.717, 1.165) is 32.4 Å². The Morgan fingerprint density at radius 3 is 2.55 bits per heavy atom. The van der Waals surface area contributed by atoms with Crippen LogP contribution in [0.25, 0.3) is 0 Å². The molecule has 0 radical (unpaired) electrons. The lowest BCUT2D eigenvalue weighted by Crippen LogP contribution is -2.08. The Morgan fingerprint density at radius 2 is 2.00 bits per heavy atom. The molecule has 0 aliphatic rings. The maximum absolute atomic E-state index is 5.74. The van der Waals surface area contributed by atoms with Crippen molar-refractivity contribution in [3.8, 4) is 0 Å². The van der Waals surface area contributed by atoms with Crippen molar-refractivity contribution < 1.29 is 0 Å². The van der Waals surface area contributed by atoms with E-state index in [2.05, 4.69) is 36.7 Å². The van der Waals surface area contributed by atoms with Gasteiger partial charge in [0.05, 0.1) is 18.4 Å². The van der Waals surface area contributed by atoms with Gasteiger partial charge in [0.15, 0.2) is 0 Å². The number of aromatic nitrogens is 4. The van der Waals surface area contributed by atoms with Crippen molar-refractivity contribution in [3.05, 3.63) is 34.9 Å². The predicted octanol–water partition coefficient (Wildman–Crippen LogP) is 1.77. The lowest BCUT2D eigenvalue weighted by atomic mass is 10.1. The summed E-state index contributed by atoms with van der Waals surface area (Å²) in [5, 5.41) is 9.10. The maximum atomic E-state index is 5.74. The second-order valence-electron chi connectivity index (χ2n) is 4.98. The highest BCUT2D eigenvalue weighted by molar-refractivity contribution is 5.28. The van der Waals surface area contributed by atoms with Crippen LogP contribution in [0.2, 0.25) is 0 Å². The van der Waals surface area contributed by atoms with E-state index < -0.39 is 0 Å². The van der Waals surface area contributed by atoms with Crippen LogP contribution in [0.5, 0.6) is 0 Å². The molecule has 5 heteroatoms. The molecular formula is C15H25N5. The number of hydrogen-bond donors (Lipinski definition) is 1. The van der Waals surface area contributed by atoms with Gasteiger partial charge in [-0.25, -0.2) is 0 Å². The fraction of sp³-hybridized carbons (Fsp3) is 0.600. The second kappa shape index (κ2) is 6.70. The van der Waals surface area contributed by atoms with Crippen molar-refractivity contribution >= 4 is 0 Å². The van der Waals surface area contributed by atoms with Gasteiger partial charge in [-0.2, -0.15) is 10.2 Å². The number of nitrogens with zero attached hydrogens (tertiary/aromatic N) is 4. The minimum absolute atomic E-state index is 0.680. The summed E-state index contributed by atoms with van der Waals surface area (Å²) < 4.78 is 4.08. The van der Waals surface area contributed by atoms with Crippen molar-refractivity contribution in [2.45, 2.75) is 53.1 Å². The molecule has 0 atom stereocenters. The second-order valence-corrected chi connectivity index (χ2v) is 4.98. The van der Waals surface area contributed by atoms with E-state index in [9.17, 15) is 0 Å². The largest absolute Gasteiger partial charge is 0.330 e. The van der Waals surface area contributed by atoms with Gasteiger partial charge >= 0.3 is 0 Å². The summed E-state index contributed by atoms with van der Waals surface area (Å²) in [5.74, 6) is 0. The molecule has 0 aliphatic carbocycles. The van der Waals surface area contributed by atoms with Gasteiger partial charge in [-0.1, -0.05) is 13.8 Å². The SMILES string of the molecule is CCc1nn(Cc2cnn(CC)c2)c(CC)c1CCN. The first-order chi connectivity index (χ1) is 9.73. The highest BCUT2D eigenvalue weighted by Gasteiger charge is 2.15. The standard InChI is InChI=1S/C15H25N5/c1-4-14-13(7-8-16)15(5-2)20(18-14)11-12-9-17-19(6-3)10-12/h9-10H,4-8,11,16H2,1-3H3. The van der Waals surface area contributed by atoms with Crippen LogP contribution in [0.1, 0.15) is 43.3 Å². The van der Waals surface area contributed by atoms with Crippen LogP contribution in [0.4, 0.5) is 0 Å². The fourth-order valence-corrected chi connectivity index (χ4v) is 2.67. The van der Waals surface area contributed by atoms with Gasteiger partial charge in [-0.05, 0) is 38.3 Å². The molecule has 0 saturated carbocycles. The van der Waals surface area contributed by atoms with E-state index >= 15 is 0 Å². The monoisotopic (exact) mass is 275 g/mol. The molecule has 2 heterocycles. The number of rotatable bonds is 7. The Labute approximate surface area is 120 Å². The number of nitrogens with two attached hydrogens (primary N) is 1. The van der Waals surface area contributed by atoms with Crippen LogP contribution in [0.15, 0.2) is 12.4 Å². The lowest BCUT2D eigenvalue weighted by molar-refractivity contribution is 0.634. The van der Waals surface area contributed by atoms with E-state index in [4.69, 9.17) is 10.8 Å². The highest BCUT2D eigenvalue weighted by atomic mass is 15.3. The van der Waals surface area contributed by atoms with Gasteiger partial charge < -0.3 is 5.73 Å². The van der Waals surface area contributed by atoms with Crippen molar-refractivity contribution in [3.63, 3.8) is 0 Å². The van der Waals surface area contributed by atoms with E-state index in [1.807, 2.05) is 10.9 Å². The van der Waals surface area contributed by atoms with Crippen LogP contribution < -0.4 is 5.73 Å². The molecule has 5 nitrogen and oxygen atoms in total. The minimum atomic E-state index is 0.680. The quantitative estimate of drug-likeness (QED) is 0.837. The molecule has 0 saturated heterocycles. The third-order valence-corrected chi connectivity index (χ3v) is 3.66. The Kier molecular flexibility index (Phi) is 4.95. The van der Waals surface area contributed by atoms with E-state index in [1.54, 1.807) is 0 Å². The molecule has 0 aliphatic heterocycles. The summed E-state index contributed by atoms with van der Waals surface area (Å²) in [6, 6.07) is 0. The Morgan fingerprint density at radius 1 is 1.20 bits per heavy atom. The lowest BCUT2D eigenvalue weighted by Gasteiger charge is -2.06. The number of aryl methyl sites for hydroxylation is 2. The van der Waals surface area contributed by atoms with E-state index in [1.165, 1.54) is 22.5 Å². The van der Waals surface area contributed by atoms with Gasteiger partial charge in [0.2, 0.25) is 0 Å². The smallest absolute Gasteiger partial charge is 0.0693 e. The molecule has 0 aromatic carbocycles. The maximum Gasteiger partial charge on any atom is 0.0693 e. The highest BCUT2D eigenvalue weighted by Crippen LogP contribution is 2.18. The van der Waals surface area contributed by atoms with Gasteiger partial charge in [0.25, 0.3) is 0 Å².